The normalized spacial score (nSPS) is 11.8. The van der Waals surface area contributed by atoms with Crippen molar-refractivity contribution in [1.82, 2.24) is 26.8 Å². The maximum absolute atomic E-state index is 13.3. The Morgan fingerprint density at radius 3 is 3.04 bits per heavy atom. The molecule has 0 atom stereocenters. The highest BCUT2D eigenvalue weighted by Gasteiger charge is 2.17. The number of nitrogens with one attached hydrogen (secondary N) is 3. The van der Waals surface area contributed by atoms with Gasteiger partial charge in [-0.05, 0) is 44.4 Å². The van der Waals surface area contributed by atoms with Crippen LogP contribution in [0.5, 0.6) is 0 Å². The number of hydroxylamine groups is 1. The summed E-state index contributed by atoms with van der Waals surface area (Å²) in [5.74, 6) is 0.238. The van der Waals surface area contributed by atoms with E-state index in [1.807, 2.05) is 5.48 Å². The van der Waals surface area contributed by atoms with Gasteiger partial charge < -0.3 is 0 Å². The van der Waals surface area contributed by atoms with Crippen molar-refractivity contribution in [3.05, 3.63) is 34.2 Å². The highest BCUT2D eigenvalue weighted by atomic mass is 79.9. The van der Waals surface area contributed by atoms with Gasteiger partial charge in [-0.2, -0.15) is 0 Å². The zero-order valence-corrected chi connectivity index (χ0v) is 14.8. The van der Waals surface area contributed by atoms with Gasteiger partial charge in [0.05, 0.1) is 17.3 Å². The smallest absolute Gasteiger partial charge is 0.186 e. The number of hydrogen-bond acceptors (Lipinski definition) is 9. The molecular formula is C12H14BrFN6O3S. The van der Waals surface area contributed by atoms with Crippen LogP contribution >= 0.6 is 27.7 Å². The topological polar surface area (TPSA) is 117 Å². The fraction of sp³-hybridized carbons (Fsp3) is 0.250. The summed E-state index contributed by atoms with van der Waals surface area (Å²) in [6.07, 6.45) is 0. The molecule has 2 aromatic rings. The number of aliphatic imine (C=N–C) groups is 1. The Kier molecular flexibility index (Phi) is 7.55. The van der Waals surface area contributed by atoms with Crippen LogP contribution in [0.2, 0.25) is 0 Å². The largest absolute Gasteiger partial charge is 0.290 e. The summed E-state index contributed by atoms with van der Waals surface area (Å²) >= 11 is 4.41. The lowest BCUT2D eigenvalue weighted by Gasteiger charge is -2.05. The molecule has 4 N–H and O–H groups in total. The van der Waals surface area contributed by atoms with Crippen LogP contribution < -0.4 is 16.5 Å². The highest BCUT2D eigenvalue weighted by Crippen LogP contribution is 2.24. The Morgan fingerprint density at radius 1 is 1.50 bits per heavy atom. The standard InChI is InChI=1S/C12H14BrFN6O3S/c1-22-20-15-4-5-24-12-10(18-23-19-12)11(17-21)16-7-2-3-9(14)8(13)6-7/h2-3,6,15,20-21H,4-5H2,1H3,(H,16,17). The predicted molar refractivity (Wildman–Crippen MR) is 88.4 cm³/mol. The second-order valence-corrected chi connectivity index (χ2v) is 6.11. The van der Waals surface area contributed by atoms with Crippen LogP contribution in [-0.4, -0.2) is 40.8 Å². The first-order valence-electron chi connectivity index (χ1n) is 6.56. The van der Waals surface area contributed by atoms with Gasteiger partial charge in [0.25, 0.3) is 0 Å². The van der Waals surface area contributed by atoms with Crippen LogP contribution in [0.15, 0.2) is 37.3 Å². The molecule has 24 heavy (non-hydrogen) atoms. The van der Waals surface area contributed by atoms with Crippen LogP contribution in [0.3, 0.4) is 0 Å². The van der Waals surface area contributed by atoms with Crippen molar-refractivity contribution in [2.24, 2.45) is 4.99 Å². The van der Waals surface area contributed by atoms with Crippen molar-refractivity contribution < 1.29 is 19.1 Å². The van der Waals surface area contributed by atoms with E-state index in [2.05, 4.69) is 47.1 Å². The lowest BCUT2D eigenvalue weighted by atomic mass is 10.3. The molecule has 0 aliphatic heterocycles. The molecule has 0 unspecified atom stereocenters. The SMILES string of the molecule is CONNCCSc1nonc1C(=Nc1ccc(F)c(Br)c1)NO. The van der Waals surface area contributed by atoms with E-state index in [-0.39, 0.29) is 16.0 Å². The van der Waals surface area contributed by atoms with Gasteiger partial charge in [0.1, 0.15) is 5.82 Å². The monoisotopic (exact) mass is 420 g/mol. The third kappa shape index (κ3) is 5.22. The summed E-state index contributed by atoms with van der Waals surface area (Å²) < 4.78 is 18.2. The van der Waals surface area contributed by atoms with E-state index in [9.17, 15) is 9.60 Å². The molecule has 0 radical (unpaired) electrons. The first-order chi connectivity index (χ1) is 11.7. The molecule has 130 valence electrons. The third-order valence-corrected chi connectivity index (χ3v) is 4.13. The summed E-state index contributed by atoms with van der Waals surface area (Å²) in [5.41, 5.74) is 7.89. The summed E-state index contributed by atoms with van der Waals surface area (Å²) in [6.45, 7) is 0.578. The molecule has 9 nitrogen and oxygen atoms in total. The van der Waals surface area contributed by atoms with Crippen molar-refractivity contribution in [3.8, 4) is 0 Å². The molecule has 2 rings (SSSR count). The first-order valence-corrected chi connectivity index (χ1v) is 8.34. The molecule has 0 saturated carbocycles. The summed E-state index contributed by atoms with van der Waals surface area (Å²) in [6, 6.07) is 4.18. The first kappa shape index (κ1) is 18.8. The van der Waals surface area contributed by atoms with E-state index in [1.54, 1.807) is 0 Å². The van der Waals surface area contributed by atoms with E-state index >= 15 is 0 Å². The van der Waals surface area contributed by atoms with E-state index in [4.69, 9.17) is 4.63 Å². The second-order valence-electron chi connectivity index (χ2n) is 4.17. The highest BCUT2D eigenvalue weighted by molar-refractivity contribution is 9.10. The average Bonchev–Trinajstić information content (AvgIpc) is 3.04. The summed E-state index contributed by atoms with van der Waals surface area (Å²) in [5, 5.41) is 17.3. The van der Waals surface area contributed by atoms with Crippen molar-refractivity contribution in [1.29, 1.82) is 0 Å². The lowest BCUT2D eigenvalue weighted by Crippen LogP contribution is -2.32. The molecule has 0 spiro atoms. The van der Waals surface area contributed by atoms with Gasteiger partial charge >= 0.3 is 0 Å². The van der Waals surface area contributed by atoms with Gasteiger partial charge in [0, 0.05) is 12.3 Å². The predicted octanol–water partition coefficient (Wildman–Crippen LogP) is 1.78. The Labute approximate surface area is 149 Å². The van der Waals surface area contributed by atoms with Gasteiger partial charge in [0.2, 0.25) is 0 Å². The van der Waals surface area contributed by atoms with Gasteiger partial charge in [-0.15, -0.1) is 5.59 Å². The number of hydrazine groups is 1. The molecule has 1 aromatic carbocycles. The molecule has 0 aliphatic rings. The number of amidine groups is 1. The Balaban J connectivity index is 2.11. The minimum atomic E-state index is -0.413. The van der Waals surface area contributed by atoms with Gasteiger partial charge in [0.15, 0.2) is 16.6 Å². The number of halogens is 2. The number of aromatic nitrogens is 2. The molecule has 0 bridgehead atoms. The maximum atomic E-state index is 13.3. The number of thioether (sulfide) groups is 1. The van der Waals surface area contributed by atoms with Crippen molar-refractivity contribution in [3.63, 3.8) is 0 Å². The summed E-state index contributed by atoms with van der Waals surface area (Å²) in [4.78, 5) is 8.81. The molecule has 0 aliphatic carbocycles. The quantitative estimate of drug-likeness (QED) is 0.166. The fourth-order valence-corrected chi connectivity index (χ4v) is 2.68. The second kappa shape index (κ2) is 9.66. The number of rotatable bonds is 8. The van der Waals surface area contributed by atoms with E-state index in [1.165, 1.54) is 37.1 Å². The lowest BCUT2D eigenvalue weighted by molar-refractivity contribution is 0.0575. The van der Waals surface area contributed by atoms with Gasteiger partial charge in [-0.3, -0.25) is 15.5 Å². The van der Waals surface area contributed by atoms with Crippen molar-refractivity contribution >= 4 is 39.2 Å². The molecular weight excluding hydrogens is 407 g/mol. The maximum Gasteiger partial charge on any atom is 0.186 e. The van der Waals surface area contributed by atoms with Crippen LogP contribution in [0, 0.1) is 5.82 Å². The molecule has 0 saturated heterocycles. The van der Waals surface area contributed by atoms with Crippen molar-refractivity contribution in [2.75, 3.05) is 19.4 Å². The average molecular weight is 421 g/mol. The van der Waals surface area contributed by atoms with Gasteiger partial charge in [-0.25, -0.2) is 19.4 Å². The van der Waals surface area contributed by atoms with Crippen LogP contribution in [0.25, 0.3) is 0 Å². The molecule has 1 aromatic heterocycles. The zero-order chi connectivity index (χ0) is 17.4. The molecule has 0 amide bonds. The summed E-state index contributed by atoms with van der Waals surface area (Å²) in [7, 11) is 1.49. The van der Waals surface area contributed by atoms with Gasteiger partial charge in [-0.1, -0.05) is 11.8 Å². The molecule has 12 heteroatoms. The van der Waals surface area contributed by atoms with E-state index in [0.717, 1.165) is 0 Å². The molecule has 1 heterocycles. The number of hydrogen-bond donors (Lipinski definition) is 4. The van der Waals surface area contributed by atoms with Crippen LogP contribution in [0.1, 0.15) is 5.69 Å². The minimum absolute atomic E-state index is 0.0280. The number of benzene rings is 1. The van der Waals surface area contributed by atoms with E-state index < -0.39 is 5.82 Å². The Hall–Kier alpha value is -1.57. The molecule has 0 fully saturated rings. The van der Waals surface area contributed by atoms with E-state index in [0.29, 0.717) is 23.0 Å². The minimum Gasteiger partial charge on any atom is -0.290 e. The fourth-order valence-electron chi connectivity index (χ4n) is 1.56. The van der Waals surface area contributed by atoms with Crippen LogP contribution in [-0.2, 0) is 4.84 Å². The Morgan fingerprint density at radius 2 is 2.33 bits per heavy atom. The number of nitrogens with zero attached hydrogens (tertiary/aromatic N) is 3. The van der Waals surface area contributed by atoms with Crippen LogP contribution in [0.4, 0.5) is 10.1 Å². The zero-order valence-electron chi connectivity index (χ0n) is 12.4. The van der Waals surface area contributed by atoms with Crippen molar-refractivity contribution in [2.45, 2.75) is 5.03 Å². The third-order valence-electron chi connectivity index (χ3n) is 2.57. The Bertz CT molecular complexity index is 701.